The van der Waals surface area contributed by atoms with Crippen molar-refractivity contribution in [3.63, 3.8) is 0 Å². The Kier molecular flexibility index (Phi) is 5.26. The minimum Gasteiger partial charge on any atom is -0.275 e. The van der Waals surface area contributed by atoms with Crippen LogP contribution in [0.15, 0.2) is 30.3 Å². The van der Waals surface area contributed by atoms with Crippen LogP contribution in [-0.4, -0.2) is 20.5 Å². The van der Waals surface area contributed by atoms with Crippen LogP contribution in [0.4, 0.5) is 14.9 Å². The van der Waals surface area contributed by atoms with Crippen LogP contribution in [0, 0.1) is 5.92 Å². The van der Waals surface area contributed by atoms with E-state index in [0.29, 0.717) is 17.9 Å². The monoisotopic (exact) mass is 377 g/mol. The molecule has 0 radical (unpaired) electrons. The number of rotatable bonds is 4. The van der Waals surface area contributed by atoms with Crippen molar-refractivity contribution in [3.05, 3.63) is 30.3 Å². The Hall–Kier alpha value is -0.690. The van der Waals surface area contributed by atoms with Crippen LogP contribution >= 0.6 is 35.1 Å². The number of para-hydroxylation sites is 1. The van der Waals surface area contributed by atoms with Crippen molar-refractivity contribution in [2.24, 2.45) is 5.92 Å². The van der Waals surface area contributed by atoms with Crippen LogP contribution in [0.5, 0.6) is 0 Å². The predicted octanol–water partition coefficient (Wildman–Crippen LogP) is 5.05. The first-order valence-corrected chi connectivity index (χ1v) is 9.19. The van der Waals surface area contributed by atoms with Crippen LogP contribution in [-0.2, 0) is 0 Å². The summed E-state index contributed by atoms with van der Waals surface area (Å²) in [5.74, 6) is 0.318. The highest BCUT2D eigenvalue weighted by Crippen LogP contribution is 2.42. The summed E-state index contributed by atoms with van der Waals surface area (Å²) in [6, 6.07) is 9.02. The van der Waals surface area contributed by atoms with Gasteiger partial charge in [0.2, 0.25) is 0 Å². The van der Waals surface area contributed by atoms with E-state index in [4.69, 9.17) is 23.2 Å². The normalized spacial score (nSPS) is 23.6. The lowest BCUT2D eigenvalue weighted by molar-refractivity contribution is 0.233. The largest absolute Gasteiger partial charge is 0.350 e. The van der Waals surface area contributed by atoms with E-state index in [0.717, 1.165) is 35.8 Å². The van der Waals surface area contributed by atoms with Gasteiger partial charge in [0.15, 0.2) is 0 Å². The zero-order valence-corrected chi connectivity index (χ0v) is 14.8. The number of amides is 2. The van der Waals surface area contributed by atoms with E-state index in [2.05, 4.69) is 5.43 Å². The van der Waals surface area contributed by atoms with E-state index < -0.39 is 3.92 Å². The standard InChI is InChI=1S/C15H18Cl2FN3OS/c16-15(17,18)23-21-14(22)20(12-9-5-2-6-10-12)13(19-21)11-7-3-1-4-8-11/h2,5-6,9-11,13,19H,1,3-4,7-8H2. The van der Waals surface area contributed by atoms with Crippen LogP contribution in [0.2, 0.25) is 0 Å². The topological polar surface area (TPSA) is 35.6 Å². The maximum atomic E-state index is 13.6. The van der Waals surface area contributed by atoms with Crippen molar-refractivity contribution < 1.29 is 9.18 Å². The SMILES string of the molecule is O=C1N(SC(F)(Cl)Cl)NC(C2CCCCC2)N1c1ccccc1. The quantitative estimate of drug-likeness (QED) is 0.589. The maximum Gasteiger partial charge on any atom is 0.350 e. The number of carbonyl (C=O) groups excluding carboxylic acids is 1. The summed E-state index contributed by atoms with van der Waals surface area (Å²) in [4.78, 5) is 14.4. The number of carbonyl (C=O) groups is 1. The molecule has 8 heteroatoms. The van der Waals surface area contributed by atoms with E-state index in [1.54, 1.807) is 4.90 Å². The Labute approximate surface area is 149 Å². The van der Waals surface area contributed by atoms with Gasteiger partial charge < -0.3 is 0 Å². The fourth-order valence-electron chi connectivity index (χ4n) is 3.24. The molecule has 1 aliphatic carbocycles. The molecule has 0 bridgehead atoms. The van der Waals surface area contributed by atoms with Crippen LogP contribution in [0.1, 0.15) is 32.1 Å². The molecule has 1 saturated heterocycles. The van der Waals surface area contributed by atoms with E-state index in [-0.39, 0.29) is 12.2 Å². The van der Waals surface area contributed by atoms with Crippen LogP contribution in [0.25, 0.3) is 0 Å². The number of halogens is 3. The van der Waals surface area contributed by atoms with Crippen molar-refractivity contribution in [2.75, 3.05) is 4.90 Å². The zero-order valence-electron chi connectivity index (χ0n) is 12.4. The van der Waals surface area contributed by atoms with Gasteiger partial charge in [-0.15, -0.1) is 0 Å². The van der Waals surface area contributed by atoms with Gasteiger partial charge in [0, 0.05) is 17.6 Å². The predicted molar refractivity (Wildman–Crippen MR) is 92.8 cm³/mol. The highest BCUT2D eigenvalue weighted by molar-refractivity contribution is 8.01. The maximum absolute atomic E-state index is 13.6. The lowest BCUT2D eigenvalue weighted by atomic mass is 9.86. The molecule has 1 aliphatic heterocycles. The first kappa shape index (κ1) is 17.1. The van der Waals surface area contributed by atoms with Crippen molar-refractivity contribution in [1.82, 2.24) is 9.84 Å². The van der Waals surface area contributed by atoms with Gasteiger partial charge >= 0.3 is 9.95 Å². The second-order valence-corrected chi connectivity index (χ2v) is 8.59. The molecule has 1 aromatic carbocycles. The van der Waals surface area contributed by atoms with Crippen molar-refractivity contribution >= 4 is 46.9 Å². The third kappa shape index (κ3) is 4.05. The zero-order chi connectivity index (χ0) is 16.4. The number of anilines is 1. The van der Waals surface area contributed by atoms with Gasteiger partial charge in [-0.3, -0.25) is 4.90 Å². The fourth-order valence-corrected chi connectivity index (χ4v) is 4.19. The van der Waals surface area contributed by atoms with Crippen molar-refractivity contribution in [3.8, 4) is 0 Å². The molecule has 1 aromatic rings. The number of benzene rings is 1. The van der Waals surface area contributed by atoms with Crippen LogP contribution < -0.4 is 10.3 Å². The lowest BCUT2D eigenvalue weighted by Gasteiger charge is -2.32. The van der Waals surface area contributed by atoms with Crippen molar-refractivity contribution in [2.45, 2.75) is 42.2 Å². The van der Waals surface area contributed by atoms with E-state index in [9.17, 15) is 9.18 Å². The third-order valence-electron chi connectivity index (χ3n) is 4.23. The molecule has 1 unspecified atom stereocenters. The van der Waals surface area contributed by atoms with E-state index in [1.807, 2.05) is 30.3 Å². The Morgan fingerprint density at radius 1 is 1.17 bits per heavy atom. The molecule has 1 heterocycles. The Bertz CT molecular complexity index is 551. The van der Waals surface area contributed by atoms with Crippen LogP contribution in [0.3, 0.4) is 0 Å². The Balaban J connectivity index is 1.86. The molecule has 0 aromatic heterocycles. The molecule has 4 nitrogen and oxygen atoms in total. The summed E-state index contributed by atoms with van der Waals surface area (Å²) in [5, 5.41) is 0. The van der Waals surface area contributed by atoms with Crippen molar-refractivity contribution in [1.29, 1.82) is 0 Å². The molecule has 126 valence electrons. The number of alkyl halides is 3. The molecular formula is C15H18Cl2FN3OS. The fraction of sp³-hybridized carbons (Fsp3) is 0.533. The summed E-state index contributed by atoms with van der Waals surface area (Å²) in [7, 11) is 0. The summed E-state index contributed by atoms with van der Waals surface area (Å²) < 4.78 is 12.1. The van der Waals surface area contributed by atoms with Gasteiger partial charge in [0.25, 0.3) is 0 Å². The van der Waals surface area contributed by atoms with Gasteiger partial charge in [-0.05, 0) is 30.9 Å². The number of urea groups is 1. The Morgan fingerprint density at radius 2 is 1.83 bits per heavy atom. The summed E-state index contributed by atoms with van der Waals surface area (Å²) >= 11 is 11.3. The molecule has 2 amide bonds. The molecule has 2 aliphatic rings. The van der Waals surface area contributed by atoms with Gasteiger partial charge in [0.1, 0.15) is 6.17 Å². The highest BCUT2D eigenvalue weighted by atomic mass is 35.5. The van der Waals surface area contributed by atoms with Gasteiger partial charge in [-0.1, -0.05) is 60.7 Å². The average molecular weight is 378 g/mol. The number of hydrogen-bond acceptors (Lipinski definition) is 3. The van der Waals surface area contributed by atoms with E-state index in [1.165, 1.54) is 6.42 Å². The molecule has 1 N–H and O–H groups in total. The summed E-state index contributed by atoms with van der Waals surface area (Å²) in [6.07, 6.45) is 5.37. The van der Waals surface area contributed by atoms with Gasteiger partial charge in [-0.2, -0.15) is 14.2 Å². The number of nitrogens with zero attached hydrogens (tertiary/aromatic N) is 2. The number of nitrogens with one attached hydrogen (secondary N) is 1. The molecule has 23 heavy (non-hydrogen) atoms. The molecule has 1 saturated carbocycles. The second kappa shape index (κ2) is 7.05. The first-order chi connectivity index (χ1) is 11.0. The minimum atomic E-state index is -2.56. The molecule has 1 atom stereocenters. The lowest BCUT2D eigenvalue weighted by Crippen LogP contribution is -2.44. The number of hydrazine groups is 1. The molecule has 2 fully saturated rings. The molecule has 0 spiro atoms. The summed E-state index contributed by atoms with van der Waals surface area (Å²) in [5.41, 5.74) is 3.85. The van der Waals surface area contributed by atoms with Gasteiger partial charge in [-0.25, -0.2) is 4.79 Å². The smallest absolute Gasteiger partial charge is 0.275 e. The highest BCUT2D eigenvalue weighted by Gasteiger charge is 2.45. The first-order valence-electron chi connectivity index (χ1n) is 7.66. The van der Waals surface area contributed by atoms with Gasteiger partial charge in [0.05, 0.1) is 0 Å². The molecular weight excluding hydrogens is 360 g/mol. The third-order valence-corrected chi connectivity index (χ3v) is 5.30. The molecule has 3 rings (SSSR count). The average Bonchev–Trinajstić information content (AvgIpc) is 2.84. The van der Waals surface area contributed by atoms with E-state index >= 15 is 0 Å². The second-order valence-electron chi connectivity index (χ2n) is 5.79. The Morgan fingerprint density at radius 3 is 2.43 bits per heavy atom. The minimum absolute atomic E-state index is 0.214. The number of hydrogen-bond donors (Lipinski definition) is 1. The summed E-state index contributed by atoms with van der Waals surface area (Å²) in [6.45, 7) is 0.